The predicted octanol–water partition coefficient (Wildman–Crippen LogP) is 3.94. The van der Waals surface area contributed by atoms with Gasteiger partial charge in [-0.2, -0.15) is 0 Å². The third-order valence-electron chi connectivity index (χ3n) is 2.90. The van der Waals surface area contributed by atoms with Crippen LogP contribution in [-0.2, 0) is 4.79 Å². The Bertz CT molecular complexity index is 504. The van der Waals surface area contributed by atoms with E-state index in [9.17, 15) is 4.79 Å². The predicted molar refractivity (Wildman–Crippen MR) is 71.6 cm³/mol. The summed E-state index contributed by atoms with van der Waals surface area (Å²) in [5.41, 5.74) is 3.89. The molecule has 1 aliphatic carbocycles. The first-order valence-electron chi connectivity index (χ1n) is 5.83. The van der Waals surface area contributed by atoms with Gasteiger partial charge in [0.15, 0.2) is 5.78 Å². The highest BCUT2D eigenvalue weighted by molar-refractivity contribution is 6.10. The Balaban J connectivity index is 2.20. The van der Waals surface area contributed by atoms with Gasteiger partial charge in [-0.15, -0.1) is 0 Å². The number of carbonyl (C=O) groups is 1. The van der Waals surface area contributed by atoms with Gasteiger partial charge in [-0.1, -0.05) is 54.6 Å². The molecule has 0 N–H and O–H groups in total. The molecule has 1 nitrogen and oxygen atoms in total. The summed E-state index contributed by atoms with van der Waals surface area (Å²) in [6.07, 6.45) is 5.70. The average molecular weight is 224 g/mol. The molecule has 1 aromatic rings. The lowest BCUT2D eigenvalue weighted by Gasteiger charge is -1.97. The van der Waals surface area contributed by atoms with E-state index in [-0.39, 0.29) is 5.78 Å². The van der Waals surface area contributed by atoms with Crippen molar-refractivity contribution in [2.75, 3.05) is 0 Å². The van der Waals surface area contributed by atoms with Crippen LogP contribution in [0.2, 0.25) is 0 Å². The van der Waals surface area contributed by atoms with Crippen LogP contribution in [0.3, 0.4) is 0 Å². The molecule has 1 aliphatic rings. The van der Waals surface area contributed by atoms with Crippen molar-refractivity contribution in [3.05, 3.63) is 65.3 Å². The Morgan fingerprint density at radius 3 is 2.53 bits per heavy atom. The maximum Gasteiger partial charge on any atom is 0.184 e. The number of hydrogen-bond donors (Lipinski definition) is 0. The van der Waals surface area contributed by atoms with E-state index in [0.717, 1.165) is 35.1 Å². The Labute approximate surface area is 102 Å². The van der Waals surface area contributed by atoms with Gasteiger partial charge in [0, 0.05) is 5.57 Å². The molecular weight excluding hydrogens is 208 g/mol. The monoisotopic (exact) mass is 224 g/mol. The van der Waals surface area contributed by atoms with Gasteiger partial charge in [-0.05, 0) is 30.9 Å². The molecule has 0 saturated heterocycles. The lowest BCUT2D eigenvalue weighted by atomic mass is 10.1. The van der Waals surface area contributed by atoms with Crippen molar-refractivity contribution in [2.24, 2.45) is 0 Å². The molecule has 1 fully saturated rings. The summed E-state index contributed by atoms with van der Waals surface area (Å²) < 4.78 is 0. The van der Waals surface area contributed by atoms with Gasteiger partial charge < -0.3 is 0 Å². The van der Waals surface area contributed by atoms with Crippen molar-refractivity contribution in [3.8, 4) is 0 Å². The third-order valence-corrected chi connectivity index (χ3v) is 2.90. The first-order valence-corrected chi connectivity index (χ1v) is 5.83. The molecule has 0 unspecified atom stereocenters. The lowest BCUT2D eigenvalue weighted by Crippen LogP contribution is -1.94. The first-order chi connectivity index (χ1) is 8.16. The van der Waals surface area contributed by atoms with Crippen LogP contribution in [0.15, 0.2) is 59.7 Å². The molecule has 1 aromatic carbocycles. The van der Waals surface area contributed by atoms with Crippen LogP contribution < -0.4 is 0 Å². The van der Waals surface area contributed by atoms with Gasteiger partial charge in [-0.25, -0.2) is 0 Å². The van der Waals surface area contributed by atoms with Crippen LogP contribution in [0, 0.1) is 0 Å². The number of Topliss-reactive ketones (excluding diaryl/α,β-unsaturated/α-hetero) is 1. The minimum absolute atomic E-state index is 0.130. The van der Waals surface area contributed by atoms with Crippen LogP contribution in [0.1, 0.15) is 25.3 Å². The van der Waals surface area contributed by atoms with Gasteiger partial charge in [0.2, 0.25) is 0 Å². The van der Waals surface area contributed by atoms with Gasteiger partial charge in [0.25, 0.3) is 0 Å². The smallest absolute Gasteiger partial charge is 0.184 e. The minimum Gasteiger partial charge on any atom is -0.289 e. The number of hydrogen-bond acceptors (Lipinski definition) is 1. The molecule has 0 amide bonds. The fourth-order valence-electron chi connectivity index (χ4n) is 2.01. The van der Waals surface area contributed by atoms with Gasteiger partial charge in [0.1, 0.15) is 0 Å². The summed E-state index contributed by atoms with van der Waals surface area (Å²) in [6, 6.07) is 10.1. The Kier molecular flexibility index (Phi) is 3.38. The van der Waals surface area contributed by atoms with E-state index in [2.05, 4.69) is 24.8 Å². The molecule has 0 atom stereocenters. The highest BCUT2D eigenvalue weighted by Gasteiger charge is 2.20. The molecular formula is C16H16O. The minimum atomic E-state index is 0.130. The highest BCUT2D eigenvalue weighted by atomic mass is 16.1. The van der Waals surface area contributed by atoms with Crippen LogP contribution in [0.4, 0.5) is 0 Å². The number of benzene rings is 1. The second kappa shape index (κ2) is 4.96. The second-order valence-corrected chi connectivity index (χ2v) is 4.40. The molecule has 0 aromatic heterocycles. The SMILES string of the molecule is C=C1CCC(=C/C(C)=C/c2ccccc2)C1=O. The van der Waals surface area contributed by atoms with E-state index in [1.807, 2.05) is 31.2 Å². The molecule has 0 radical (unpaired) electrons. The van der Waals surface area contributed by atoms with E-state index in [1.54, 1.807) is 0 Å². The van der Waals surface area contributed by atoms with E-state index in [4.69, 9.17) is 0 Å². The molecule has 2 rings (SSSR count). The zero-order chi connectivity index (χ0) is 12.3. The number of carbonyl (C=O) groups excluding carboxylic acids is 1. The fraction of sp³-hybridized carbons (Fsp3) is 0.188. The molecule has 17 heavy (non-hydrogen) atoms. The van der Waals surface area contributed by atoms with Crippen LogP contribution in [-0.4, -0.2) is 5.78 Å². The molecule has 0 bridgehead atoms. The Hall–Kier alpha value is -1.89. The summed E-state index contributed by atoms with van der Waals surface area (Å²) in [5.74, 6) is 0.130. The molecule has 1 saturated carbocycles. The quantitative estimate of drug-likeness (QED) is 0.695. The molecule has 1 heteroatoms. The van der Waals surface area contributed by atoms with E-state index < -0.39 is 0 Å². The van der Waals surface area contributed by atoms with E-state index >= 15 is 0 Å². The van der Waals surface area contributed by atoms with Crippen molar-refractivity contribution in [3.63, 3.8) is 0 Å². The van der Waals surface area contributed by atoms with Crippen LogP contribution in [0.25, 0.3) is 6.08 Å². The number of ketones is 1. The van der Waals surface area contributed by atoms with Gasteiger partial charge in [-0.3, -0.25) is 4.79 Å². The number of rotatable bonds is 2. The van der Waals surface area contributed by atoms with Crippen molar-refractivity contribution in [1.82, 2.24) is 0 Å². The second-order valence-electron chi connectivity index (χ2n) is 4.40. The van der Waals surface area contributed by atoms with Gasteiger partial charge >= 0.3 is 0 Å². The zero-order valence-electron chi connectivity index (χ0n) is 10.1. The van der Waals surface area contributed by atoms with Crippen molar-refractivity contribution < 1.29 is 4.79 Å². The maximum atomic E-state index is 11.7. The fourth-order valence-corrected chi connectivity index (χ4v) is 2.01. The largest absolute Gasteiger partial charge is 0.289 e. The third kappa shape index (κ3) is 2.82. The van der Waals surface area contributed by atoms with Crippen molar-refractivity contribution in [2.45, 2.75) is 19.8 Å². The van der Waals surface area contributed by atoms with E-state index in [1.165, 1.54) is 0 Å². The summed E-state index contributed by atoms with van der Waals surface area (Å²) in [5, 5.41) is 0. The number of allylic oxidation sites excluding steroid dienone is 4. The van der Waals surface area contributed by atoms with E-state index in [0.29, 0.717) is 0 Å². The summed E-state index contributed by atoms with van der Waals surface area (Å²) in [6.45, 7) is 5.79. The summed E-state index contributed by atoms with van der Waals surface area (Å²) in [4.78, 5) is 11.7. The van der Waals surface area contributed by atoms with Gasteiger partial charge in [0.05, 0.1) is 0 Å². The lowest BCUT2D eigenvalue weighted by molar-refractivity contribution is -0.111. The average Bonchev–Trinajstić information content (AvgIpc) is 2.62. The van der Waals surface area contributed by atoms with Crippen molar-refractivity contribution >= 4 is 11.9 Å². The topological polar surface area (TPSA) is 17.1 Å². The summed E-state index contributed by atoms with van der Waals surface area (Å²) in [7, 11) is 0. The molecule has 0 spiro atoms. The normalized spacial score (nSPS) is 19.1. The van der Waals surface area contributed by atoms with Crippen LogP contribution >= 0.6 is 0 Å². The Morgan fingerprint density at radius 1 is 1.24 bits per heavy atom. The Morgan fingerprint density at radius 2 is 1.94 bits per heavy atom. The summed E-state index contributed by atoms with van der Waals surface area (Å²) >= 11 is 0. The maximum absolute atomic E-state index is 11.7. The highest BCUT2D eigenvalue weighted by Crippen LogP contribution is 2.25. The first kappa shape index (κ1) is 11.6. The molecule has 0 heterocycles. The molecule has 86 valence electrons. The zero-order valence-corrected chi connectivity index (χ0v) is 10.1. The standard InChI is InChI=1S/C16H16O/c1-12(10-14-6-4-3-5-7-14)11-15-9-8-13(2)16(15)17/h3-7,10-11H,2,8-9H2,1H3/b12-10+,15-11?. The molecule has 0 aliphatic heterocycles. The van der Waals surface area contributed by atoms with Crippen molar-refractivity contribution in [1.29, 1.82) is 0 Å². The van der Waals surface area contributed by atoms with Crippen LogP contribution in [0.5, 0.6) is 0 Å².